The molecular weight excluding hydrogens is 374 g/mol. The molecule has 2 aliphatic heterocycles. The van der Waals surface area contributed by atoms with E-state index in [4.69, 9.17) is 0 Å². The second-order valence-electron chi connectivity index (χ2n) is 6.32. The topological polar surface area (TPSA) is 87.1 Å². The molecule has 26 heavy (non-hydrogen) atoms. The van der Waals surface area contributed by atoms with E-state index in [1.807, 2.05) is 0 Å². The average molecular weight is 391 g/mol. The highest BCUT2D eigenvalue weighted by Gasteiger charge is 2.41. The zero-order valence-corrected chi connectivity index (χ0v) is 15.4. The molecule has 7 nitrogen and oxygen atoms in total. The summed E-state index contributed by atoms with van der Waals surface area (Å²) >= 11 is 1.19. The number of hydrogen-bond acceptors (Lipinski definition) is 5. The van der Waals surface area contributed by atoms with Gasteiger partial charge in [-0.1, -0.05) is 24.3 Å². The summed E-state index contributed by atoms with van der Waals surface area (Å²) in [4.78, 5) is 30.3. The van der Waals surface area contributed by atoms with Crippen LogP contribution in [0.1, 0.15) is 12.8 Å². The standard InChI is InChI=1S/C17H17N3O4S2/c21-16-13-4-1-2-5-14(13)18-17(22)20(16)12-7-9-19(10-8-12)26(23,24)15-6-3-11-25-15/h1-6,11-13H,7-10H2. The molecule has 3 heterocycles. The Kier molecular flexibility index (Phi) is 4.37. The second-order valence-corrected chi connectivity index (χ2v) is 9.43. The Morgan fingerprint density at radius 3 is 2.62 bits per heavy atom. The molecule has 0 N–H and O–H groups in total. The van der Waals surface area contributed by atoms with Crippen LogP contribution in [0.5, 0.6) is 0 Å². The Morgan fingerprint density at radius 1 is 1.15 bits per heavy atom. The minimum Gasteiger partial charge on any atom is -0.273 e. The van der Waals surface area contributed by atoms with Crippen LogP contribution in [0.3, 0.4) is 0 Å². The number of thiophene rings is 1. The molecule has 1 aromatic heterocycles. The Hall–Kier alpha value is -2.10. The number of carbonyl (C=O) groups excluding carboxylic acids is 2. The molecule has 136 valence electrons. The van der Waals surface area contributed by atoms with Crippen LogP contribution in [0.4, 0.5) is 4.79 Å². The normalized spacial score (nSPS) is 24.7. The van der Waals surface area contributed by atoms with Crippen LogP contribution in [-0.2, 0) is 14.8 Å². The number of sulfonamides is 1. The smallest absolute Gasteiger partial charge is 0.273 e. The van der Waals surface area contributed by atoms with E-state index in [1.54, 1.807) is 41.8 Å². The zero-order chi connectivity index (χ0) is 18.3. The van der Waals surface area contributed by atoms with E-state index in [1.165, 1.54) is 20.5 Å². The molecular formula is C17H17N3O4S2. The van der Waals surface area contributed by atoms with E-state index >= 15 is 0 Å². The molecule has 1 aliphatic carbocycles. The van der Waals surface area contributed by atoms with Gasteiger partial charge in [-0.25, -0.2) is 13.2 Å². The molecule has 0 spiro atoms. The number of imide groups is 1. The summed E-state index contributed by atoms with van der Waals surface area (Å²) in [6.45, 7) is 0.553. The molecule has 0 radical (unpaired) electrons. The van der Waals surface area contributed by atoms with Gasteiger partial charge < -0.3 is 0 Å². The Bertz CT molecular complexity index is 923. The van der Waals surface area contributed by atoms with Crippen LogP contribution < -0.4 is 0 Å². The van der Waals surface area contributed by atoms with Crippen LogP contribution in [-0.4, -0.2) is 54.4 Å². The summed E-state index contributed by atoms with van der Waals surface area (Å²) in [5.74, 6) is -0.800. The van der Waals surface area contributed by atoms with E-state index in [0.717, 1.165) is 0 Å². The third-order valence-corrected chi connectivity index (χ3v) is 8.08. The highest BCUT2D eigenvalue weighted by Crippen LogP contribution is 2.29. The number of piperidine rings is 1. The quantitative estimate of drug-likeness (QED) is 0.789. The first-order chi connectivity index (χ1) is 12.5. The summed E-state index contributed by atoms with van der Waals surface area (Å²) in [6.07, 6.45) is 7.76. The van der Waals surface area contributed by atoms with E-state index in [2.05, 4.69) is 4.99 Å². The van der Waals surface area contributed by atoms with Crippen molar-refractivity contribution in [2.75, 3.05) is 13.1 Å². The van der Waals surface area contributed by atoms with Crippen molar-refractivity contribution in [1.29, 1.82) is 0 Å². The first-order valence-corrected chi connectivity index (χ1v) is 10.6. The number of carbonyl (C=O) groups is 2. The van der Waals surface area contributed by atoms with Gasteiger partial charge in [0.1, 0.15) is 4.21 Å². The lowest BCUT2D eigenvalue weighted by molar-refractivity contribution is -0.131. The van der Waals surface area contributed by atoms with Crippen molar-refractivity contribution in [3.05, 3.63) is 41.8 Å². The average Bonchev–Trinajstić information content (AvgIpc) is 3.18. The lowest BCUT2D eigenvalue weighted by Crippen LogP contribution is -2.54. The van der Waals surface area contributed by atoms with E-state index < -0.39 is 22.0 Å². The maximum Gasteiger partial charge on any atom is 0.350 e. The lowest BCUT2D eigenvalue weighted by Gasteiger charge is -2.38. The maximum absolute atomic E-state index is 12.7. The highest BCUT2D eigenvalue weighted by molar-refractivity contribution is 7.91. The Morgan fingerprint density at radius 2 is 1.92 bits per heavy atom. The molecule has 1 saturated heterocycles. The molecule has 0 bridgehead atoms. The molecule has 3 aliphatic rings. The van der Waals surface area contributed by atoms with Crippen LogP contribution in [0, 0.1) is 5.92 Å². The molecule has 0 saturated carbocycles. The summed E-state index contributed by atoms with van der Waals surface area (Å²) < 4.78 is 26.9. The molecule has 1 aromatic rings. The van der Waals surface area contributed by atoms with Crippen molar-refractivity contribution in [3.8, 4) is 0 Å². The summed E-state index contributed by atoms with van der Waals surface area (Å²) in [7, 11) is -3.50. The van der Waals surface area contributed by atoms with E-state index in [0.29, 0.717) is 22.8 Å². The van der Waals surface area contributed by atoms with Gasteiger partial charge in [-0.05, 0) is 30.4 Å². The number of rotatable bonds is 3. The van der Waals surface area contributed by atoms with Crippen molar-refractivity contribution in [1.82, 2.24) is 9.21 Å². The number of aliphatic imine (C=N–C) groups is 1. The summed E-state index contributed by atoms with van der Waals surface area (Å²) in [5.41, 5.74) is 0.469. The molecule has 3 amide bonds. The van der Waals surface area contributed by atoms with Crippen molar-refractivity contribution in [3.63, 3.8) is 0 Å². The number of urea groups is 1. The van der Waals surface area contributed by atoms with Crippen LogP contribution >= 0.6 is 11.3 Å². The predicted molar refractivity (Wildman–Crippen MR) is 97.5 cm³/mol. The Balaban J connectivity index is 1.49. The fourth-order valence-electron chi connectivity index (χ4n) is 3.47. The van der Waals surface area contributed by atoms with Crippen molar-refractivity contribution in [2.24, 2.45) is 10.9 Å². The van der Waals surface area contributed by atoms with E-state index in [9.17, 15) is 18.0 Å². The maximum atomic E-state index is 12.7. The highest BCUT2D eigenvalue weighted by atomic mass is 32.2. The fraction of sp³-hybridized carbons (Fsp3) is 0.353. The monoisotopic (exact) mass is 391 g/mol. The summed E-state index contributed by atoms with van der Waals surface area (Å²) in [5, 5.41) is 1.73. The second kappa shape index (κ2) is 6.57. The van der Waals surface area contributed by atoms with Gasteiger partial charge in [0.25, 0.3) is 10.0 Å². The number of hydrogen-bond donors (Lipinski definition) is 0. The van der Waals surface area contributed by atoms with Crippen molar-refractivity contribution < 1.29 is 18.0 Å². The van der Waals surface area contributed by atoms with Crippen LogP contribution in [0.2, 0.25) is 0 Å². The van der Waals surface area contributed by atoms with Gasteiger partial charge in [0.15, 0.2) is 0 Å². The van der Waals surface area contributed by atoms with Gasteiger partial charge in [-0.15, -0.1) is 11.3 Å². The fourth-order valence-corrected chi connectivity index (χ4v) is 6.08. The van der Waals surface area contributed by atoms with E-state index in [-0.39, 0.29) is 25.0 Å². The minimum absolute atomic E-state index is 0.277. The molecule has 4 rings (SSSR count). The number of allylic oxidation sites excluding steroid dienone is 3. The third kappa shape index (κ3) is 2.85. The number of nitrogens with zero attached hydrogens (tertiary/aromatic N) is 3. The largest absolute Gasteiger partial charge is 0.350 e. The molecule has 1 atom stereocenters. The number of amides is 3. The third-order valence-electron chi connectivity index (χ3n) is 4.81. The first kappa shape index (κ1) is 17.3. The van der Waals surface area contributed by atoms with Gasteiger partial charge in [0.2, 0.25) is 5.91 Å². The first-order valence-electron chi connectivity index (χ1n) is 8.32. The minimum atomic E-state index is -3.50. The van der Waals surface area contributed by atoms with Crippen molar-refractivity contribution in [2.45, 2.75) is 23.1 Å². The van der Waals surface area contributed by atoms with Gasteiger partial charge in [-0.3, -0.25) is 9.69 Å². The molecule has 1 unspecified atom stereocenters. The predicted octanol–water partition coefficient (Wildman–Crippen LogP) is 2.05. The lowest BCUT2D eigenvalue weighted by atomic mass is 9.93. The zero-order valence-electron chi connectivity index (χ0n) is 13.8. The SMILES string of the molecule is O=C1N=C2C=CC=CC2C(=O)N1C1CCN(S(=O)(=O)c2cccs2)CC1. The molecule has 9 heteroatoms. The Labute approximate surface area is 155 Å². The van der Waals surface area contributed by atoms with Gasteiger partial charge in [0, 0.05) is 19.1 Å². The number of fused-ring (bicyclic) bond motifs is 1. The van der Waals surface area contributed by atoms with Crippen molar-refractivity contribution >= 4 is 39.0 Å². The van der Waals surface area contributed by atoms with Gasteiger partial charge >= 0.3 is 6.03 Å². The van der Waals surface area contributed by atoms with Crippen LogP contribution in [0.15, 0.2) is 51.0 Å². The van der Waals surface area contributed by atoms with Crippen LogP contribution in [0.25, 0.3) is 0 Å². The van der Waals surface area contributed by atoms with Gasteiger partial charge in [-0.2, -0.15) is 9.30 Å². The molecule has 0 aromatic carbocycles. The summed E-state index contributed by atoms with van der Waals surface area (Å²) in [6, 6.07) is 2.41. The molecule has 1 fully saturated rings. The van der Waals surface area contributed by atoms with Gasteiger partial charge in [0.05, 0.1) is 11.6 Å².